The summed E-state index contributed by atoms with van der Waals surface area (Å²) in [6.07, 6.45) is 1.30. The predicted molar refractivity (Wildman–Crippen MR) is 77.4 cm³/mol. The minimum atomic E-state index is 0.790. The van der Waals surface area contributed by atoms with Gasteiger partial charge in [-0.2, -0.15) is 0 Å². The normalized spacial score (nSPS) is 26.1. The summed E-state index contributed by atoms with van der Waals surface area (Å²) in [4.78, 5) is 2.51. The molecule has 0 saturated carbocycles. The highest BCUT2D eigenvalue weighted by Crippen LogP contribution is 2.27. The fourth-order valence-electron chi connectivity index (χ4n) is 2.38. The molecule has 1 aromatic rings. The second-order valence-corrected chi connectivity index (χ2v) is 6.54. The molecule has 1 fully saturated rings. The lowest BCUT2D eigenvalue weighted by atomic mass is 9.88. The van der Waals surface area contributed by atoms with Gasteiger partial charge in [0.2, 0.25) is 0 Å². The number of halogens is 2. The molecule has 0 aliphatic carbocycles. The minimum Gasteiger partial charge on any atom is -0.299 e. The second kappa shape index (κ2) is 5.73. The summed E-state index contributed by atoms with van der Waals surface area (Å²) in [5.74, 6) is 1.64. The topological polar surface area (TPSA) is 3.24 Å². The molecule has 1 heterocycles. The van der Waals surface area contributed by atoms with Gasteiger partial charge in [-0.3, -0.25) is 4.90 Å². The maximum atomic E-state index is 6.26. The van der Waals surface area contributed by atoms with Crippen LogP contribution in [0.4, 0.5) is 0 Å². The van der Waals surface area contributed by atoms with Crippen LogP contribution in [0, 0.1) is 11.8 Å². The van der Waals surface area contributed by atoms with Crippen LogP contribution in [0.3, 0.4) is 0 Å². The van der Waals surface area contributed by atoms with Crippen LogP contribution in [0.15, 0.2) is 22.7 Å². The molecular formula is C14H19BrClN. The van der Waals surface area contributed by atoms with Gasteiger partial charge in [-0.25, -0.2) is 0 Å². The highest BCUT2D eigenvalue weighted by molar-refractivity contribution is 9.10. The average Bonchev–Trinajstić information content (AvgIpc) is 2.27. The minimum absolute atomic E-state index is 0.790. The Hall–Kier alpha value is -0.0500. The number of hydrogen-bond donors (Lipinski definition) is 0. The molecule has 0 spiro atoms. The molecular weight excluding hydrogens is 298 g/mol. The van der Waals surface area contributed by atoms with E-state index in [2.05, 4.69) is 46.8 Å². The van der Waals surface area contributed by atoms with Crippen molar-refractivity contribution in [2.45, 2.75) is 26.8 Å². The molecule has 0 bridgehead atoms. The summed E-state index contributed by atoms with van der Waals surface area (Å²) in [7, 11) is 0. The van der Waals surface area contributed by atoms with E-state index in [1.165, 1.54) is 25.1 Å². The van der Waals surface area contributed by atoms with E-state index in [0.717, 1.165) is 27.9 Å². The number of benzene rings is 1. The predicted octanol–water partition coefficient (Wildman–Crippen LogP) is 4.58. The third kappa shape index (κ3) is 3.46. The highest BCUT2D eigenvalue weighted by atomic mass is 79.9. The number of rotatable bonds is 2. The van der Waals surface area contributed by atoms with Crippen LogP contribution in [0.2, 0.25) is 5.02 Å². The molecule has 2 atom stereocenters. The van der Waals surface area contributed by atoms with Crippen molar-refractivity contribution in [1.82, 2.24) is 4.90 Å². The van der Waals surface area contributed by atoms with Gasteiger partial charge in [0.1, 0.15) is 0 Å². The fourth-order valence-corrected chi connectivity index (χ4v) is 3.12. The molecule has 1 aliphatic heterocycles. The fraction of sp³-hybridized carbons (Fsp3) is 0.571. The molecule has 2 rings (SSSR count). The van der Waals surface area contributed by atoms with Crippen LogP contribution >= 0.6 is 27.5 Å². The quantitative estimate of drug-likeness (QED) is 0.772. The zero-order chi connectivity index (χ0) is 12.4. The molecule has 2 unspecified atom stereocenters. The first-order chi connectivity index (χ1) is 8.06. The zero-order valence-corrected chi connectivity index (χ0v) is 12.8. The summed E-state index contributed by atoms with van der Waals surface area (Å²) in [6.45, 7) is 8.06. The molecule has 3 heteroatoms. The highest BCUT2D eigenvalue weighted by Gasteiger charge is 2.22. The Balaban J connectivity index is 2.01. The van der Waals surface area contributed by atoms with Gasteiger partial charge >= 0.3 is 0 Å². The largest absolute Gasteiger partial charge is 0.299 e. The summed E-state index contributed by atoms with van der Waals surface area (Å²) in [6, 6.07) is 6.17. The van der Waals surface area contributed by atoms with Crippen LogP contribution in [-0.4, -0.2) is 18.0 Å². The maximum absolute atomic E-state index is 6.26. The lowest BCUT2D eigenvalue weighted by molar-refractivity contribution is 0.132. The number of likely N-dealkylation sites (tertiary alicyclic amines) is 1. The lowest BCUT2D eigenvalue weighted by Crippen LogP contribution is -2.37. The standard InChI is InChI=1S/C14H19BrClN/c1-10-5-6-17(8-11(10)2)9-12-3-4-13(15)7-14(12)16/h3-4,7,10-11H,5-6,8-9H2,1-2H3. The molecule has 1 nitrogen and oxygen atoms in total. The molecule has 94 valence electrons. The van der Waals surface area contributed by atoms with Gasteiger partial charge in [0.25, 0.3) is 0 Å². The van der Waals surface area contributed by atoms with Crippen molar-refractivity contribution in [3.05, 3.63) is 33.3 Å². The first-order valence-corrected chi connectivity index (χ1v) is 7.39. The zero-order valence-electron chi connectivity index (χ0n) is 10.4. The van der Waals surface area contributed by atoms with Crippen molar-refractivity contribution in [2.75, 3.05) is 13.1 Å². The molecule has 0 aromatic heterocycles. The van der Waals surface area contributed by atoms with Crippen molar-refractivity contribution in [1.29, 1.82) is 0 Å². The molecule has 17 heavy (non-hydrogen) atoms. The van der Waals surface area contributed by atoms with E-state index in [-0.39, 0.29) is 0 Å². The van der Waals surface area contributed by atoms with Crippen molar-refractivity contribution in [3.8, 4) is 0 Å². The number of hydrogen-bond acceptors (Lipinski definition) is 1. The summed E-state index contributed by atoms with van der Waals surface area (Å²) in [5.41, 5.74) is 1.23. The van der Waals surface area contributed by atoms with Gasteiger partial charge in [0, 0.05) is 22.6 Å². The van der Waals surface area contributed by atoms with E-state index < -0.39 is 0 Å². The van der Waals surface area contributed by atoms with Crippen molar-refractivity contribution in [3.63, 3.8) is 0 Å². The van der Waals surface area contributed by atoms with Gasteiger partial charge in [0.15, 0.2) is 0 Å². The van der Waals surface area contributed by atoms with Crippen LogP contribution in [-0.2, 0) is 6.54 Å². The van der Waals surface area contributed by atoms with Crippen LogP contribution < -0.4 is 0 Å². The summed E-state index contributed by atoms with van der Waals surface area (Å²) in [5, 5.41) is 0.866. The number of piperidine rings is 1. The Labute approximate surface area is 117 Å². The molecule has 0 radical (unpaired) electrons. The van der Waals surface area contributed by atoms with E-state index in [1.54, 1.807) is 0 Å². The Bertz CT molecular complexity index is 394. The van der Waals surface area contributed by atoms with E-state index in [4.69, 9.17) is 11.6 Å². The van der Waals surface area contributed by atoms with E-state index in [9.17, 15) is 0 Å². The van der Waals surface area contributed by atoms with Crippen molar-refractivity contribution < 1.29 is 0 Å². The van der Waals surface area contributed by atoms with Crippen molar-refractivity contribution in [2.24, 2.45) is 11.8 Å². The summed E-state index contributed by atoms with van der Waals surface area (Å²) >= 11 is 9.70. The Kier molecular flexibility index (Phi) is 4.51. The van der Waals surface area contributed by atoms with Crippen LogP contribution in [0.5, 0.6) is 0 Å². The van der Waals surface area contributed by atoms with Crippen molar-refractivity contribution >= 4 is 27.5 Å². The van der Waals surface area contributed by atoms with E-state index in [0.29, 0.717) is 0 Å². The molecule has 0 N–H and O–H groups in total. The van der Waals surface area contributed by atoms with Gasteiger partial charge in [0.05, 0.1) is 0 Å². The van der Waals surface area contributed by atoms with Gasteiger partial charge in [-0.15, -0.1) is 0 Å². The summed E-state index contributed by atoms with van der Waals surface area (Å²) < 4.78 is 1.05. The smallest absolute Gasteiger partial charge is 0.0462 e. The number of nitrogens with zero attached hydrogens (tertiary/aromatic N) is 1. The molecule has 1 saturated heterocycles. The Morgan fingerprint density at radius 1 is 1.35 bits per heavy atom. The van der Waals surface area contributed by atoms with E-state index in [1.807, 2.05) is 6.07 Å². The Morgan fingerprint density at radius 3 is 2.76 bits per heavy atom. The third-order valence-electron chi connectivity index (χ3n) is 3.83. The maximum Gasteiger partial charge on any atom is 0.0462 e. The van der Waals surface area contributed by atoms with Gasteiger partial charge < -0.3 is 0 Å². The molecule has 0 amide bonds. The SMILES string of the molecule is CC1CCN(Cc2ccc(Br)cc2Cl)CC1C. The third-order valence-corrected chi connectivity index (χ3v) is 4.67. The first kappa shape index (κ1) is 13.4. The average molecular weight is 317 g/mol. The van der Waals surface area contributed by atoms with Crippen LogP contribution in [0.1, 0.15) is 25.8 Å². The van der Waals surface area contributed by atoms with Gasteiger partial charge in [-0.05, 0) is 42.5 Å². The molecule has 1 aliphatic rings. The van der Waals surface area contributed by atoms with E-state index >= 15 is 0 Å². The lowest BCUT2D eigenvalue weighted by Gasteiger charge is -2.35. The monoisotopic (exact) mass is 315 g/mol. The Morgan fingerprint density at radius 2 is 2.12 bits per heavy atom. The molecule has 1 aromatic carbocycles. The first-order valence-electron chi connectivity index (χ1n) is 6.22. The second-order valence-electron chi connectivity index (χ2n) is 5.21. The van der Waals surface area contributed by atoms with Gasteiger partial charge in [-0.1, -0.05) is 47.4 Å². The van der Waals surface area contributed by atoms with Crippen LogP contribution in [0.25, 0.3) is 0 Å².